The van der Waals surface area contributed by atoms with Gasteiger partial charge in [0.1, 0.15) is 0 Å². The lowest BCUT2D eigenvalue weighted by atomic mass is 10.1. The Morgan fingerprint density at radius 3 is 2.32 bits per heavy atom. The van der Waals surface area contributed by atoms with Gasteiger partial charge in [-0.3, -0.25) is 14.8 Å². The fourth-order valence-electron chi connectivity index (χ4n) is 3.68. The van der Waals surface area contributed by atoms with E-state index in [4.69, 9.17) is 4.99 Å². The predicted octanol–water partition coefficient (Wildman–Crippen LogP) is 4.84. The van der Waals surface area contributed by atoms with Crippen molar-refractivity contribution < 1.29 is 4.79 Å². The molecule has 0 spiro atoms. The summed E-state index contributed by atoms with van der Waals surface area (Å²) in [6, 6.07) is 13.8. The van der Waals surface area contributed by atoms with Crippen LogP contribution in [-0.4, -0.2) is 21.6 Å². The molecule has 162 valence electrons. The van der Waals surface area contributed by atoms with Crippen LogP contribution in [0.1, 0.15) is 50.9 Å². The van der Waals surface area contributed by atoms with Crippen LogP contribution < -0.4 is 10.6 Å². The van der Waals surface area contributed by atoms with Crippen molar-refractivity contribution in [1.29, 1.82) is 0 Å². The maximum absolute atomic E-state index is 13.0. The molecule has 0 aliphatic carbocycles. The summed E-state index contributed by atoms with van der Waals surface area (Å²) < 4.78 is 1.97. The number of amides is 1. The Morgan fingerprint density at radius 1 is 1.00 bits per heavy atom. The Bertz CT molecular complexity index is 1110. The molecule has 0 saturated heterocycles. The lowest BCUT2D eigenvalue weighted by molar-refractivity contribution is 0.0976. The summed E-state index contributed by atoms with van der Waals surface area (Å²) in [4.78, 5) is 17.7. The molecule has 0 aliphatic rings. The highest BCUT2D eigenvalue weighted by Gasteiger charge is 2.13. The minimum absolute atomic E-state index is 0.191. The van der Waals surface area contributed by atoms with Gasteiger partial charge in [-0.05, 0) is 71.4 Å². The average molecular weight is 418 g/mol. The number of hydrogen-bond donors (Lipinski definition) is 2. The summed E-state index contributed by atoms with van der Waals surface area (Å²) in [7, 11) is 0. The van der Waals surface area contributed by atoms with Crippen LogP contribution in [0.4, 0.5) is 5.69 Å². The van der Waals surface area contributed by atoms with Crippen LogP contribution in [0, 0.1) is 34.6 Å². The molecular weight excluding hydrogens is 386 g/mol. The topological polar surface area (TPSA) is 71.3 Å². The van der Waals surface area contributed by atoms with Crippen LogP contribution in [0.2, 0.25) is 0 Å². The Morgan fingerprint density at radius 2 is 1.71 bits per heavy atom. The minimum Gasteiger partial charge on any atom is -0.326 e. The lowest BCUT2D eigenvalue weighted by Gasteiger charge is -2.13. The van der Waals surface area contributed by atoms with Gasteiger partial charge in [0.15, 0.2) is 0 Å². The van der Waals surface area contributed by atoms with Gasteiger partial charge in [0.2, 0.25) is 5.96 Å². The van der Waals surface area contributed by atoms with Gasteiger partial charge in [-0.2, -0.15) is 5.10 Å². The van der Waals surface area contributed by atoms with E-state index in [0.29, 0.717) is 18.1 Å². The van der Waals surface area contributed by atoms with Crippen LogP contribution in [0.3, 0.4) is 0 Å². The zero-order valence-corrected chi connectivity index (χ0v) is 19.2. The Labute approximate surface area is 184 Å². The second kappa shape index (κ2) is 9.60. The van der Waals surface area contributed by atoms with E-state index < -0.39 is 0 Å². The zero-order valence-electron chi connectivity index (χ0n) is 19.2. The van der Waals surface area contributed by atoms with Gasteiger partial charge in [0.05, 0.1) is 12.2 Å². The third kappa shape index (κ3) is 5.60. The molecular formula is C25H31N5O. The third-order valence-corrected chi connectivity index (χ3v) is 5.22. The van der Waals surface area contributed by atoms with Gasteiger partial charge in [0, 0.05) is 29.1 Å². The van der Waals surface area contributed by atoms with Gasteiger partial charge in [-0.1, -0.05) is 29.3 Å². The largest absolute Gasteiger partial charge is 0.326 e. The van der Waals surface area contributed by atoms with E-state index in [1.165, 1.54) is 0 Å². The SMILES string of the molecule is CCn1nc(C)c(CN=C(NC(=O)c2cc(C)cc(C)c2)Nc2cccc(C)c2)c1C. The second-order valence-electron chi connectivity index (χ2n) is 7.95. The molecule has 0 atom stereocenters. The maximum atomic E-state index is 13.0. The molecule has 0 aliphatic heterocycles. The molecule has 0 bridgehead atoms. The predicted molar refractivity (Wildman–Crippen MR) is 127 cm³/mol. The van der Waals surface area contributed by atoms with E-state index >= 15 is 0 Å². The van der Waals surface area contributed by atoms with Gasteiger partial charge >= 0.3 is 0 Å². The molecule has 3 aromatic rings. The van der Waals surface area contributed by atoms with Crippen molar-refractivity contribution in [2.75, 3.05) is 5.32 Å². The Balaban J connectivity index is 1.89. The number of nitrogens with one attached hydrogen (secondary N) is 2. The summed E-state index contributed by atoms with van der Waals surface area (Å²) in [5, 5.41) is 10.8. The first kappa shape index (κ1) is 22.3. The molecule has 0 radical (unpaired) electrons. The summed E-state index contributed by atoms with van der Waals surface area (Å²) in [5.74, 6) is 0.223. The normalized spacial score (nSPS) is 11.5. The number of aromatic nitrogens is 2. The highest BCUT2D eigenvalue weighted by Crippen LogP contribution is 2.15. The summed E-state index contributed by atoms with van der Waals surface area (Å²) >= 11 is 0. The molecule has 31 heavy (non-hydrogen) atoms. The van der Waals surface area contributed by atoms with Crippen molar-refractivity contribution in [3.05, 3.63) is 81.7 Å². The molecule has 0 fully saturated rings. The number of hydrogen-bond acceptors (Lipinski definition) is 3. The van der Waals surface area contributed by atoms with Crippen molar-refractivity contribution in [3.8, 4) is 0 Å². The highest BCUT2D eigenvalue weighted by atomic mass is 16.1. The van der Waals surface area contributed by atoms with Gasteiger partial charge in [0.25, 0.3) is 5.91 Å². The standard InChI is InChI=1S/C25H31N5O/c1-7-30-20(6)23(19(5)29-30)15-26-25(27-22-10-8-9-16(2)14-22)28-24(31)21-12-17(3)11-18(4)13-21/h8-14H,7,15H2,1-6H3,(H2,26,27,28,31). The van der Waals surface area contributed by atoms with Crippen molar-refractivity contribution in [3.63, 3.8) is 0 Å². The van der Waals surface area contributed by atoms with E-state index in [0.717, 1.165) is 45.9 Å². The van der Waals surface area contributed by atoms with E-state index in [2.05, 4.69) is 29.6 Å². The second-order valence-corrected chi connectivity index (χ2v) is 7.95. The summed E-state index contributed by atoms with van der Waals surface area (Å²) in [6.07, 6.45) is 0. The fraction of sp³-hybridized carbons (Fsp3) is 0.320. The Kier molecular flexibility index (Phi) is 6.90. The van der Waals surface area contributed by atoms with Crippen LogP contribution in [0.25, 0.3) is 0 Å². The molecule has 1 aromatic heterocycles. The molecule has 6 heteroatoms. The molecule has 2 aromatic carbocycles. The van der Waals surface area contributed by atoms with Crippen molar-refractivity contribution >= 4 is 17.6 Å². The fourth-order valence-corrected chi connectivity index (χ4v) is 3.68. The molecule has 6 nitrogen and oxygen atoms in total. The maximum Gasteiger partial charge on any atom is 0.257 e. The highest BCUT2D eigenvalue weighted by molar-refractivity contribution is 6.10. The molecule has 2 N–H and O–H groups in total. The smallest absolute Gasteiger partial charge is 0.257 e. The first-order valence-electron chi connectivity index (χ1n) is 10.6. The number of nitrogens with zero attached hydrogens (tertiary/aromatic N) is 3. The van der Waals surface area contributed by atoms with E-state index in [-0.39, 0.29) is 5.91 Å². The molecule has 3 rings (SSSR count). The molecule has 1 amide bonds. The first-order valence-corrected chi connectivity index (χ1v) is 10.6. The first-order chi connectivity index (χ1) is 14.8. The summed E-state index contributed by atoms with van der Waals surface area (Å²) in [6.45, 7) is 13.4. The summed E-state index contributed by atoms with van der Waals surface area (Å²) in [5.41, 5.74) is 7.84. The van der Waals surface area contributed by atoms with Crippen LogP contribution in [0.15, 0.2) is 47.5 Å². The third-order valence-electron chi connectivity index (χ3n) is 5.22. The van der Waals surface area contributed by atoms with E-state index in [1.54, 1.807) is 0 Å². The van der Waals surface area contributed by atoms with Crippen LogP contribution in [-0.2, 0) is 13.1 Å². The van der Waals surface area contributed by atoms with Crippen molar-refractivity contribution in [1.82, 2.24) is 15.1 Å². The lowest BCUT2D eigenvalue weighted by Crippen LogP contribution is -2.36. The van der Waals surface area contributed by atoms with E-state index in [9.17, 15) is 4.79 Å². The Hall–Kier alpha value is -3.41. The number of guanidine groups is 1. The van der Waals surface area contributed by atoms with Gasteiger partial charge in [-0.15, -0.1) is 0 Å². The zero-order chi connectivity index (χ0) is 22.5. The van der Waals surface area contributed by atoms with E-state index in [1.807, 2.05) is 74.8 Å². The molecule has 0 unspecified atom stereocenters. The quantitative estimate of drug-likeness (QED) is 0.461. The number of carbonyl (C=O) groups excluding carboxylic acids is 1. The number of rotatable bonds is 5. The van der Waals surface area contributed by atoms with Crippen LogP contribution >= 0.6 is 0 Å². The van der Waals surface area contributed by atoms with Crippen LogP contribution in [0.5, 0.6) is 0 Å². The van der Waals surface area contributed by atoms with Gasteiger partial charge < -0.3 is 5.32 Å². The number of aryl methyl sites for hydroxylation is 5. The van der Waals surface area contributed by atoms with Crippen molar-refractivity contribution in [2.45, 2.75) is 54.6 Å². The number of aliphatic imine (C=N–C) groups is 1. The number of carbonyl (C=O) groups is 1. The molecule has 0 saturated carbocycles. The average Bonchev–Trinajstić information content (AvgIpc) is 2.98. The number of anilines is 1. The monoisotopic (exact) mass is 417 g/mol. The van der Waals surface area contributed by atoms with Crippen molar-refractivity contribution in [2.24, 2.45) is 4.99 Å². The van der Waals surface area contributed by atoms with Gasteiger partial charge in [-0.25, -0.2) is 4.99 Å². The molecule has 1 heterocycles. The minimum atomic E-state index is -0.191. The number of benzene rings is 2.